The third kappa shape index (κ3) is 5.19. The molecule has 8 heteroatoms. The number of thiophene rings is 1. The van der Waals surface area contributed by atoms with E-state index in [2.05, 4.69) is 15.9 Å². The van der Waals surface area contributed by atoms with Crippen LogP contribution in [0, 0.1) is 11.7 Å². The molecule has 2 rings (SSSR count). The molecule has 0 aliphatic rings. The second kappa shape index (κ2) is 10.0. The van der Waals surface area contributed by atoms with Gasteiger partial charge in [-0.15, -0.1) is 11.3 Å². The Bertz CT molecular complexity index is 820. The molecule has 0 amide bonds. The Balaban J connectivity index is 2.29. The summed E-state index contributed by atoms with van der Waals surface area (Å²) in [7, 11) is 1.44. The molecule has 1 aromatic carbocycles. The standard InChI is InChI=1S/C19H22BrFO5S/c1-4-25-19(23)11(2)8-13(22)16-9-12-15(27-16)10-14(24-3)18(17(12)21)26-7-5-6-20/h9-11H,4-8H2,1-3H3. The summed E-state index contributed by atoms with van der Waals surface area (Å²) in [5, 5.41) is 1.05. The second-order valence-electron chi connectivity index (χ2n) is 5.92. The summed E-state index contributed by atoms with van der Waals surface area (Å²) < 4.78 is 31.2. The fourth-order valence-electron chi connectivity index (χ4n) is 2.50. The number of esters is 1. The molecule has 148 valence electrons. The molecular weight excluding hydrogens is 439 g/mol. The Labute approximate surface area is 169 Å². The largest absolute Gasteiger partial charge is 0.493 e. The van der Waals surface area contributed by atoms with Gasteiger partial charge in [0.25, 0.3) is 0 Å². The van der Waals surface area contributed by atoms with Gasteiger partial charge in [-0.1, -0.05) is 22.9 Å². The number of halogens is 2. The number of hydrogen-bond donors (Lipinski definition) is 0. The van der Waals surface area contributed by atoms with Gasteiger partial charge in [0.1, 0.15) is 0 Å². The normalized spacial score (nSPS) is 12.0. The lowest BCUT2D eigenvalue weighted by Crippen LogP contribution is -2.17. The lowest BCUT2D eigenvalue weighted by Gasteiger charge is -2.11. The van der Waals surface area contributed by atoms with Crippen LogP contribution in [0.1, 0.15) is 36.4 Å². The van der Waals surface area contributed by atoms with Gasteiger partial charge in [0.05, 0.1) is 31.1 Å². The van der Waals surface area contributed by atoms with Gasteiger partial charge < -0.3 is 14.2 Å². The maximum absolute atomic E-state index is 14.9. The minimum atomic E-state index is -0.551. The van der Waals surface area contributed by atoms with Crippen molar-refractivity contribution in [1.29, 1.82) is 0 Å². The third-order valence-corrected chi connectivity index (χ3v) is 5.57. The van der Waals surface area contributed by atoms with Crippen LogP contribution in [0.4, 0.5) is 4.39 Å². The lowest BCUT2D eigenvalue weighted by atomic mass is 10.0. The minimum absolute atomic E-state index is 0.0129. The van der Waals surface area contributed by atoms with Crippen molar-refractivity contribution < 1.29 is 28.2 Å². The maximum atomic E-state index is 14.9. The SMILES string of the molecule is CCOC(=O)C(C)CC(=O)c1cc2c(F)c(OCCCBr)c(OC)cc2s1. The summed E-state index contributed by atoms with van der Waals surface area (Å²) in [6.07, 6.45) is 0.735. The van der Waals surface area contributed by atoms with Gasteiger partial charge in [-0.2, -0.15) is 0 Å². The number of ketones is 1. The zero-order valence-corrected chi connectivity index (χ0v) is 17.9. The van der Waals surface area contributed by atoms with Crippen molar-refractivity contribution in [2.24, 2.45) is 5.92 Å². The highest BCUT2D eigenvalue weighted by Crippen LogP contribution is 2.40. The van der Waals surface area contributed by atoms with E-state index in [0.29, 0.717) is 21.6 Å². The number of Topliss-reactive ketones (excluding diaryl/α,β-unsaturated/α-hetero) is 1. The van der Waals surface area contributed by atoms with Gasteiger partial charge in [-0.3, -0.25) is 9.59 Å². The van der Waals surface area contributed by atoms with E-state index in [1.165, 1.54) is 24.5 Å². The molecule has 2 aromatic rings. The van der Waals surface area contributed by atoms with Crippen LogP contribution in [0.2, 0.25) is 0 Å². The summed E-state index contributed by atoms with van der Waals surface area (Å²) in [5.41, 5.74) is 0. The summed E-state index contributed by atoms with van der Waals surface area (Å²) in [5.74, 6) is -1.41. The van der Waals surface area contributed by atoms with Crippen molar-refractivity contribution in [2.75, 3.05) is 25.7 Å². The molecule has 1 atom stereocenters. The smallest absolute Gasteiger partial charge is 0.309 e. The summed E-state index contributed by atoms with van der Waals surface area (Å²) in [4.78, 5) is 24.6. The van der Waals surface area contributed by atoms with Crippen molar-refractivity contribution in [3.8, 4) is 11.5 Å². The maximum Gasteiger partial charge on any atom is 0.309 e. The first-order valence-corrected chi connectivity index (χ1v) is 10.5. The Morgan fingerprint density at radius 1 is 1.33 bits per heavy atom. The number of methoxy groups -OCH3 is 1. The van der Waals surface area contributed by atoms with Crippen LogP contribution in [-0.4, -0.2) is 37.4 Å². The molecule has 0 saturated carbocycles. The van der Waals surface area contributed by atoms with Crippen molar-refractivity contribution in [2.45, 2.75) is 26.7 Å². The van der Waals surface area contributed by atoms with E-state index >= 15 is 0 Å². The molecule has 1 unspecified atom stereocenters. The molecule has 0 fully saturated rings. The van der Waals surface area contributed by atoms with Gasteiger partial charge in [0.15, 0.2) is 23.1 Å². The monoisotopic (exact) mass is 460 g/mol. The lowest BCUT2D eigenvalue weighted by molar-refractivity contribution is -0.147. The number of benzene rings is 1. The first-order chi connectivity index (χ1) is 12.9. The Kier molecular flexibility index (Phi) is 8.04. The fourth-order valence-corrected chi connectivity index (χ4v) is 3.76. The van der Waals surface area contributed by atoms with E-state index < -0.39 is 17.7 Å². The number of ether oxygens (including phenoxy) is 3. The van der Waals surface area contributed by atoms with Gasteiger partial charge in [-0.25, -0.2) is 4.39 Å². The summed E-state index contributed by atoms with van der Waals surface area (Å²) in [6.45, 7) is 3.97. The zero-order valence-electron chi connectivity index (χ0n) is 15.5. The minimum Gasteiger partial charge on any atom is -0.493 e. The highest BCUT2D eigenvalue weighted by molar-refractivity contribution is 9.09. The molecule has 0 radical (unpaired) electrons. The third-order valence-electron chi connectivity index (χ3n) is 3.88. The molecule has 1 aromatic heterocycles. The average Bonchev–Trinajstić information content (AvgIpc) is 3.08. The van der Waals surface area contributed by atoms with E-state index in [4.69, 9.17) is 14.2 Å². The molecular formula is C19H22BrFO5S. The van der Waals surface area contributed by atoms with E-state index in [9.17, 15) is 14.0 Å². The highest BCUT2D eigenvalue weighted by atomic mass is 79.9. The van der Waals surface area contributed by atoms with E-state index in [-0.39, 0.29) is 30.3 Å². The van der Waals surface area contributed by atoms with Crippen LogP contribution < -0.4 is 9.47 Å². The average molecular weight is 461 g/mol. The molecule has 5 nitrogen and oxygen atoms in total. The number of carbonyl (C=O) groups is 2. The van der Waals surface area contributed by atoms with Crippen molar-refractivity contribution >= 4 is 49.1 Å². The van der Waals surface area contributed by atoms with Gasteiger partial charge in [0, 0.05) is 27.9 Å². The molecule has 0 bridgehead atoms. The van der Waals surface area contributed by atoms with Gasteiger partial charge >= 0.3 is 5.97 Å². The van der Waals surface area contributed by atoms with Crippen molar-refractivity contribution in [3.05, 3.63) is 22.8 Å². The molecule has 1 heterocycles. The Morgan fingerprint density at radius 2 is 2.07 bits per heavy atom. The second-order valence-corrected chi connectivity index (χ2v) is 7.79. The number of hydrogen-bond acceptors (Lipinski definition) is 6. The van der Waals surface area contributed by atoms with Gasteiger partial charge in [-0.05, 0) is 19.4 Å². The van der Waals surface area contributed by atoms with Crippen molar-refractivity contribution in [3.63, 3.8) is 0 Å². The zero-order chi connectivity index (χ0) is 20.0. The van der Waals surface area contributed by atoms with Crippen LogP contribution in [-0.2, 0) is 9.53 Å². The molecule has 0 N–H and O–H groups in total. The van der Waals surface area contributed by atoms with Crippen molar-refractivity contribution in [1.82, 2.24) is 0 Å². The first-order valence-electron chi connectivity index (χ1n) is 8.61. The predicted molar refractivity (Wildman–Crippen MR) is 107 cm³/mol. The van der Waals surface area contributed by atoms with Crippen LogP contribution >= 0.6 is 27.3 Å². The summed E-state index contributed by atoms with van der Waals surface area (Å²) >= 11 is 4.47. The van der Waals surface area contributed by atoms with Crippen LogP contribution in [0.5, 0.6) is 11.5 Å². The molecule has 0 saturated heterocycles. The number of carbonyl (C=O) groups excluding carboxylic acids is 2. The highest BCUT2D eigenvalue weighted by Gasteiger charge is 2.23. The van der Waals surface area contributed by atoms with E-state index in [1.54, 1.807) is 19.9 Å². The molecule has 27 heavy (non-hydrogen) atoms. The van der Waals surface area contributed by atoms with Crippen LogP contribution in [0.25, 0.3) is 10.1 Å². The molecule has 0 aliphatic carbocycles. The van der Waals surface area contributed by atoms with Crippen LogP contribution in [0.15, 0.2) is 12.1 Å². The summed E-state index contributed by atoms with van der Waals surface area (Å²) in [6, 6.07) is 3.17. The topological polar surface area (TPSA) is 61.8 Å². The Morgan fingerprint density at radius 3 is 2.70 bits per heavy atom. The molecule has 0 spiro atoms. The van der Waals surface area contributed by atoms with E-state index in [1.807, 2.05) is 0 Å². The van der Waals surface area contributed by atoms with Crippen LogP contribution in [0.3, 0.4) is 0 Å². The predicted octanol–water partition coefficient (Wildman–Crippen LogP) is 4.98. The van der Waals surface area contributed by atoms with E-state index in [0.717, 1.165) is 11.8 Å². The molecule has 0 aliphatic heterocycles. The first kappa shape index (κ1) is 21.6. The number of alkyl halides is 1. The number of rotatable bonds is 10. The fraction of sp³-hybridized carbons (Fsp3) is 0.474. The van der Waals surface area contributed by atoms with Gasteiger partial charge in [0.2, 0.25) is 0 Å². The Hall–Kier alpha value is -1.67. The quantitative estimate of drug-likeness (QED) is 0.216. The number of fused-ring (bicyclic) bond motifs is 1.